The first-order valence-corrected chi connectivity index (χ1v) is 10.9. The Hall–Kier alpha value is -2.78. The summed E-state index contributed by atoms with van der Waals surface area (Å²) in [5.74, 6) is -0.980. The number of nitrogens with zero attached hydrogens (tertiary/aromatic N) is 1. The number of benzene rings is 2. The molecule has 2 rings (SSSR count). The first-order chi connectivity index (χ1) is 14.0. The first kappa shape index (κ1) is 23.5. The molecule has 0 spiro atoms. The lowest BCUT2D eigenvalue weighted by molar-refractivity contribution is -0.128. The fourth-order valence-electron chi connectivity index (χ4n) is 2.69. The highest BCUT2D eigenvalue weighted by atomic mass is 32.2. The number of halogens is 1. The van der Waals surface area contributed by atoms with Gasteiger partial charge in [-0.15, -0.1) is 0 Å². The second-order valence-corrected chi connectivity index (χ2v) is 9.01. The highest BCUT2D eigenvalue weighted by molar-refractivity contribution is 7.89. The molecular weight excluding hydrogens is 409 g/mol. The van der Waals surface area contributed by atoms with Gasteiger partial charge >= 0.3 is 0 Å². The molecule has 7 nitrogen and oxygen atoms in total. The van der Waals surface area contributed by atoms with E-state index in [0.29, 0.717) is 17.7 Å². The first-order valence-electron chi connectivity index (χ1n) is 9.39. The number of amides is 2. The van der Waals surface area contributed by atoms with E-state index >= 15 is 0 Å². The van der Waals surface area contributed by atoms with Crippen molar-refractivity contribution >= 4 is 27.5 Å². The predicted octanol–water partition coefficient (Wildman–Crippen LogP) is 2.92. The Kier molecular flexibility index (Phi) is 7.69. The molecule has 0 aliphatic heterocycles. The Morgan fingerprint density at radius 3 is 2.47 bits per heavy atom. The second kappa shape index (κ2) is 9.82. The smallest absolute Gasteiger partial charge is 0.255 e. The van der Waals surface area contributed by atoms with E-state index in [2.05, 4.69) is 10.0 Å². The van der Waals surface area contributed by atoms with Gasteiger partial charge in [-0.3, -0.25) is 9.59 Å². The van der Waals surface area contributed by atoms with Crippen molar-refractivity contribution in [3.63, 3.8) is 0 Å². The van der Waals surface area contributed by atoms with Crippen LogP contribution in [0.3, 0.4) is 0 Å². The van der Waals surface area contributed by atoms with Crippen LogP contribution in [0.1, 0.15) is 35.7 Å². The maximum atomic E-state index is 13.4. The number of hydrogen-bond donors (Lipinski definition) is 2. The number of nitrogens with one attached hydrogen (secondary N) is 2. The Labute approximate surface area is 176 Å². The van der Waals surface area contributed by atoms with Crippen molar-refractivity contribution in [2.24, 2.45) is 0 Å². The fraction of sp³-hybridized carbons (Fsp3) is 0.333. The minimum Gasteiger partial charge on any atom is -0.349 e. The quantitative estimate of drug-likeness (QED) is 0.666. The summed E-state index contributed by atoms with van der Waals surface area (Å²) >= 11 is 0. The lowest BCUT2D eigenvalue weighted by Gasteiger charge is -2.16. The van der Waals surface area contributed by atoms with E-state index in [1.807, 2.05) is 0 Å². The molecule has 1 unspecified atom stereocenters. The summed E-state index contributed by atoms with van der Waals surface area (Å²) in [5, 5.41) is 2.63. The van der Waals surface area contributed by atoms with Gasteiger partial charge in [0, 0.05) is 37.8 Å². The molecule has 0 bridgehead atoms. The van der Waals surface area contributed by atoms with E-state index in [9.17, 15) is 22.4 Å². The van der Waals surface area contributed by atoms with Crippen LogP contribution >= 0.6 is 0 Å². The van der Waals surface area contributed by atoms with Crippen LogP contribution in [0.15, 0.2) is 47.4 Å². The molecule has 0 saturated carbocycles. The van der Waals surface area contributed by atoms with Gasteiger partial charge in [0.2, 0.25) is 15.9 Å². The maximum absolute atomic E-state index is 13.4. The molecule has 1 atom stereocenters. The van der Waals surface area contributed by atoms with Crippen LogP contribution in [0.2, 0.25) is 0 Å². The second-order valence-electron chi connectivity index (χ2n) is 7.30. The van der Waals surface area contributed by atoms with Crippen LogP contribution < -0.4 is 10.0 Å². The molecule has 0 aromatic heterocycles. The number of hydrogen-bond acceptors (Lipinski definition) is 4. The zero-order valence-electron chi connectivity index (χ0n) is 17.4. The zero-order chi connectivity index (χ0) is 22.5. The lowest BCUT2D eigenvalue weighted by Crippen LogP contribution is -2.34. The van der Waals surface area contributed by atoms with Crippen molar-refractivity contribution in [3.05, 3.63) is 59.4 Å². The standard InChI is InChI=1S/C21H26FN3O4S/c1-14-12-17(9-10-19(14)22)23-21(27)16-6-5-7-18(13-16)30(28,29)24-15(2)8-11-20(26)25(3)4/h5-7,9-10,12-13,15,24H,8,11H2,1-4H3,(H,23,27). The molecule has 30 heavy (non-hydrogen) atoms. The Morgan fingerprint density at radius 2 is 1.83 bits per heavy atom. The summed E-state index contributed by atoms with van der Waals surface area (Å²) < 4.78 is 41.2. The summed E-state index contributed by atoms with van der Waals surface area (Å²) in [6, 6.07) is 9.33. The van der Waals surface area contributed by atoms with Crippen molar-refractivity contribution in [2.45, 2.75) is 37.6 Å². The number of carbonyl (C=O) groups is 2. The number of carbonyl (C=O) groups excluding carboxylic acids is 2. The Morgan fingerprint density at radius 1 is 1.13 bits per heavy atom. The molecular formula is C21H26FN3O4S. The van der Waals surface area contributed by atoms with Crippen molar-refractivity contribution in [1.29, 1.82) is 0 Å². The number of rotatable bonds is 8. The fourth-order valence-corrected chi connectivity index (χ4v) is 4.01. The van der Waals surface area contributed by atoms with Crippen molar-refractivity contribution in [2.75, 3.05) is 19.4 Å². The van der Waals surface area contributed by atoms with Crippen LogP contribution in [-0.4, -0.2) is 45.3 Å². The highest BCUT2D eigenvalue weighted by Crippen LogP contribution is 2.17. The van der Waals surface area contributed by atoms with Crippen LogP contribution in [0, 0.1) is 12.7 Å². The van der Waals surface area contributed by atoms with Crippen LogP contribution in [0.4, 0.5) is 10.1 Å². The van der Waals surface area contributed by atoms with E-state index in [-0.39, 0.29) is 28.6 Å². The predicted molar refractivity (Wildman–Crippen MR) is 113 cm³/mol. The SMILES string of the molecule is Cc1cc(NC(=O)c2cccc(S(=O)(=O)NC(C)CCC(=O)N(C)C)c2)ccc1F. The van der Waals surface area contributed by atoms with Crippen molar-refractivity contribution in [3.8, 4) is 0 Å². The Balaban J connectivity index is 2.09. The number of anilines is 1. The van der Waals surface area contributed by atoms with E-state index in [0.717, 1.165) is 0 Å². The van der Waals surface area contributed by atoms with Gasteiger partial charge in [-0.05, 0) is 62.2 Å². The third-order valence-corrected chi connectivity index (χ3v) is 6.06. The van der Waals surface area contributed by atoms with Gasteiger partial charge in [0.05, 0.1) is 4.90 Å². The zero-order valence-corrected chi connectivity index (χ0v) is 18.2. The molecule has 0 radical (unpaired) electrons. The van der Waals surface area contributed by atoms with Crippen molar-refractivity contribution < 1.29 is 22.4 Å². The highest BCUT2D eigenvalue weighted by Gasteiger charge is 2.20. The molecule has 2 aromatic carbocycles. The molecule has 0 saturated heterocycles. The average Bonchev–Trinajstić information content (AvgIpc) is 2.68. The third-order valence-electron chi connectivity index (χ3n) is 4.47. The molecule has 2 N–H and O–H groups in total. The molecule has 2 aromatic rings. The largest absolute Gasteiger partial charge is 0.349 e. The summed E-state index contributed by atoms with van der Waals surface area (Å²) in [6.45, 7) is 3.26. The van der Waals surface area contributed by atoms with Gasteiger partial charge < -0.3 is 10.2 Å². The van der Waals surface area contributed by atoms with Gasteiger partial charge in [-0.1, -0.05) is 6.07 Å². The monoisotopic (exact) mass is 435 g/mol. The lowest BCUT2D eigenvalue weighted by atomic mass is 10.2. The van der Waals surface area contributed by atoms with Gasteiger partial charge in [0.25, 0.3) is 5.91 Å². The minimum absolute atomic E-state index is 0.0591. The van der Waals surface area contributed by atoms with Gasteiger partial charge in [-0.25, -0.2) is 17.5 Å². The molecule has 9 heteroatoms. The summed E-state index contributed by atoms with van der Waals surface area (Å²) in [7, 11) is -0.594. The third kappa shape index (κ3) is 6.36. The van der Waals surface area contributed by atoms with E-state index in [1.165, 1.54) is 47.4 Å². The molecule has 0 aliphatic rings. The van der Waals surface area contributed by atoms with Crippen LogP contribution in [-0.2, 0) is 14.8 Å². The number of aryl methyl sites for hydroxylation is 1. The summed E-state index contributed by atoms with van der Waals surface area (Å²) in [4.78, 5) is 25.6. The maximum Gasteiger partial charge on any atom is 0.255 e. The summed E-state index contributed by atoms with van der Waals surface area (Å²) in [5.41, 5.74) is 0.940. The van der Waals surface area contributed by atoms with E-state index in [4.69, 9.17) is 0 Å². The number of sulfonamides is 1. The molecule has 0 aliphatic carbocycles. The topological polar surface area (TPSA) is 95.6 Å². The van der Waals surface area contributed by atoms with Crippen LogP contribution in [0.25, 0.3) is 0 Å². The molecule has 162 valence electrons. The van der Waals surface area contributed by atoms with E-state index in [1.54, 1.807) is 27.9 Å². The van der Waals surface area contributed by atoms with Gasteiger partial charge in [0.15, 0.2) is 0 Å². The van der Waals surface area contributed by atoms with E-state index < -0.39 is 22.0 Å². The summed E-state index contributed by atoms with van der Waals surface area (Å²) in [6.07, 6.45) is 0.566. The van der Waals surface area contributed by atoms with Crippen LogP contribution in [0.5, 0.6) is 0 Å². The van der Waals surface area contributed by atoms with Gasteiger partial charge in [-0.2, -0.15) is 0 Å². The Bertz CT molecular complexity index is 1040. The normalized spacial score (nSPS) is 12.3. The molecule has 2 amide bonds. The molecule has 0 fully saturated rings. The van der Waals surface area contributed by atoms with Crippen molar-refractivity contribution in [1.82, 2.24) is 9.62 Å². The minimum atomic E-state index is -3.87. The molecule has 0 heterocycles. The van der Waals surface area contributed by atoms with Gasteiger partial charge in [0.1, 0.15) is 5.82 Å². The average molecular weight is 436 g/mol.